The molecule has 2 rings (SSSR count). The van der Waals surface area contributed by atoms with Gasteiger partial charge in [-0.2, -0.15) is 0 Å². The summed E-state index contributed by atoms with van der Waals surface area (Å²) >= 11 is 1.44. The first-order valence-corrected chi connectivity index (χ1v) is 6.08. The molecular weight excluding hydrogens is 256 g/mol. The van der Waals surface area contributed by atoms with Gasteiger partial charge >= 0.3 is 11.9 Å². The van der Waals surface area contributed by atoms with Crippen LogP contribution in [0.1, 0.15) is 12.6 Å². The summed E-state index contributed by atoms with van der Waals surface area (Å²) in [6.45, 7) is 1.34. The van der Waals surface area contributed by atoms with Crippen molar-refractivity contribution in [1.82, 2.24) is 9.38 Å². The van der Waals surface area contributed by atoms with Gasteiger partial charge in [-0.3, -0.25) is 14.0 Å². The van der Waals surface area contributed by atoms with E-state index in [1.165, 1.54) is 25.4 Å². The van der Waals surface area contributed by atoms with Crippen molar-refractivity contribution in [3.05, 3.63) is 23.5 Å². The number of hydrogen-bond acceptors (Lipinski definition) is 5. The molecule has 0 saturated heterocycles. The topological polar surface area (TPSA) is 80.9 Å². The van der Waals surface area contributed by atoms with Crippen LogP contribution in [0.4, 0.5) is 0 Å². The summed E-state index contributed by atoms with van der Waals surface area (Å²) < 4.78 is 6.34. The highest BCUT2D eigenvalue weighted by Gasteiger charge is 2.43. The highest BCUT2D eigenvalue weighted by molar-refractivity contribution is 7.15. The van der Waals surface area contributed by atoms with Crippen molar-refractivity contribution in [2.75, 3.05) is 7.11 Å². The molecule has 0 bridgehead atoms. The standard InChI is InChI=1S/C11H12N2O4S/c1-11(8(14)15,9(16)17-2)5-7-6-13-3-4-18-10(13)12-7/h3-4,6H,5H2,1-2H3,(H,14,15). The summed E-state index contributed by atoms with van der Waals surface area (Å²) in [5.74, 6) is -1.99. The van der Waals surface area contributed by atoms with E-state index in [1.54, 1.807) is 10.6 Å². The lowest BCUT2D eigenvalue weighted by molar-refractivity contribution is -0.165. The van der Waals surface area contributed by atoms with Gasteiger partial charge in [-0.25, -0.2) is 4.98 Å². The minimum Gasteiger partial charge on any atom is -0.480 e. The van der Waals surface area contributed by atoms with Crippen LogP contribution in [0.5, 0.6) is 0 Å². The Hall–Kier alpha value is -1.89. The lowest BCUT2D eigenvalue weighted by Gasteiger charge is -2.20. The van der Waals surface area contributed by atoms with Crippen molar-refractivity contribution in [2.24, 2.45) is 5.41 Å². The van der Waals surface area contributed by atoms with Crippen LogP contribution in [-0.4, -0.2) is 33.5 Å². The maximum absolute atomic E-state index is 11.6. The van der Waals surface area contributed by atoms with Gasteiger partial charge in [0.05, 0.1) is 12.8 Å². The monoisotopic (exact) mass is 268 g/mol. The zero-order valence-corrected chi connectivity index (χ0v) is 10.7. The van der Waals surface area contributed by atoms with Gasteiger partial charge in [0.25, 0.3) is 0 Å². The second kappa shape index (κ2) is 4.41. The lowest BCUT2D eigenvalue weighted by atomic mass is 9.86. The molecule has 1 N–H and O–H groups in total. The molecule has 6 nitrogen and oxygen atoms in total. The van der Waals surface area contributed by atoms with Gasteiger partial charge in [0, 0.05) is 24.2 Å². The zero-order chi connectivity index (χ0) is 13.3. The maximum Gasteiger partial charge on any atom is 0.323 e. The predicted octanol–water partition coefficient (Wildman–Crippen LogP) is 1.20. The lowest BCUT2D eigenvalue weighted by Crippen LogP contribution is -2.39. The summed E-state index contributed by atoms with van der Waals surface area (Å²) in [7, 11) is 1.18. The van der Waals surface area contributed by atoms with E-state index >= 15 is 0 Å². The summed E-state index contributed by atoms with van der Waals surface area (Å²) in [4.78, 5) is 27.9. The molecule has 0 aliphatic rings. The SMILES string of the molecule is COC(=O)C(C)(Cc1cn2ccsc2n1)C(=O)O. The summed E-state index contributed by atoms with van der Waals surface area (Å²) in [6.07, 6.45) is 3.55. The Labute approximate surface area is 107 Å². The number of nitrogens with zero attached hydrogens (tertiary/aromatic N) is 2. The molecule has 7 heteroatoms. The highest BCUT2D eigenvalue weighted by Crippen LogP contribution is 2.25. The van der Waals surface area contributed by atoms with Crippen molar-refractivity contribution in [1.29, 1.82) is 0 Å². The van der Waals surface area contributed by atoms with Crippen LogP contribution in [0.2, 0.25) is 0 Å². The summed E-state index contributed by atoms with van der Waals surface area (Å²) in [5.41, 5.74) is -1.06. The average molecular weight is 268 g/mol. The Kier molecular flexibility index (Phi) is 3.08. The first-order valence-electron chi connectivity index (χ1n) is 5.20. The molecule has 0 spiro atoms. The number of methoxy groups -OCH3 is 1. The predicted molar refractivity (Wildman–Crippen MR) is 64.5 cm³/mol. The first kappa shape index (κ1) is 12.6. The van der Waals surface area contributed by atoms with Crippen molar-refractivity contribution in [3.8, 4) is 0 Å². The molecule has 2 aromatic heterocycles. The Morgan fingerprint density at radius 2 is 2.33 bits per heavy atom. The number of esters is 1. The maximum atomic E-state index is 11.6. The van der Waals surface area contributed by atoms with E-state index < -0.39 is 17.4 Å². The highest BCUT2D eigenvalue weighted by atomic mass is 32.1. The fourth-order valence-electron chi connectivity index (χ4n) is 1.68. The fourth-order valence-corrected chi connectivity index (χ4v) is 2.40. The van der Waals surface area contributed by atoms with E-state index in [0.717, 1.165) is 4.96 Å². The Morgan fingerprint density at radius 3 is 2.89 bits per heavy atom. The van der Waals surface area contributed by atoms with Gasteiger partial charge in [0.15, 0.2) is 10.4 Å². The average Bonchev–Trinajstić information content (AvgIpc) is 2.87. The van der Waals surface area contributed by atoms with Crippen molar-refractivity contribution < 1.29 is 19.4 Å². The largest absolute Gasteiger partial charge is 0.480 e. The van der Waals surface area contributed by atoms with Gasteiger partial charge in [-0.1, -0.05) is 0 Å². The number of imidazole rings is 1. The van der Waals surface area contributed by atoms with Crippen LogP contribution in [-0.2, 0) is 20.7 Å². The van der Waals surface area contributed by atoms with Crippen LogP contribution >= 0.6 is 11.3 Å². The number of aromatic nitrogens is 2. The molecule has 1 atom stereocenters. The number of carboxylic acids is 1. The van der Waals surface area contributed by atoms with E-state index in [9.17, 15) is 14.7 Å². The molecule has 0 fully saturated rings. The minimum absolute atomic E-state index is 0.00338. The van der Waals surface area contributed by atoms with Gasteiger partial charge < -0.3 is 9.84 Å². The second-order valence-corrected chi connectivity index (χ2v) is 5.00. The van der Waals surface area contributed by atoms with E-state index in [-0.39, 0.29) is 6.42 Å². The molecule has 18 heavy (non-hydrogen) atoms. The zero-order valence-electron chi connectivity index (χ0n) is 9.91. The van der Waals surface area contributed by atoms with E-state index in [0.29, 0.717) is 5.69 Å². The number of carbonyl (C=O) groups excluding carboxylic acids is 1. The number of fused-ring (bicyclic) bond motifs is 1. The molecule has 0 aromatic carbocycles. The van der Waals surface area contributed by atoms with E-state index in [4.69, 9.17) is 0 Å². The Bertz CT molecular complexity index is 574. The number of ether oxygens (including phenoxy) is 1. The van der Waals surface area contributed by atoms with E-state index in [2.05, 4.69) is 9.72 Å². The Balaban J connectivity index is 2.32. The minimum atomic E-state index is -1.61. The van der Waals surface area contributed by atoms with Gasteiger partial charge in [-0.05, 0) is 6.92 Å². The molecule has 0 amide bonds. The molecule has 2 aromatic rings. The fraction of sp³-hybridized carbons (Fsp3) is 0.364. The second-order valence-electron chi connectivity index (χ2n) is 4.13. The van der Waals surface area contributed by atoms with Gasteiger partial charge in [-0.15, -0.1) is 11.3 Å². The summed E-state index contributed by atoms with van der Waals surface area (Å²) in [5, 5.41) is 11.1. The third-order valence-corrected chi connectivity index (χ3v) is 3.56. The number of rotatable bonds is 4. The number of thiazole rings is 1. The first-order chi connectivity index (χ1) is 8.47. The molecule has 0 radical (unpaired) electrons. The van der Waals surface area contributed by atoms with Crippen molar-refractivity contribution in [2.45, 2.75) is 13.3 Å². The molecular formula is C11H12N2O4S. The van der Waals surface area contributed by atoms with Gasteiger partial charge in [0.1, 0.15) is 0 Å². The van der Waals surface area contributed by atoms with Crippen LogP contribution < -0.4 is 0 Å². The van der Waals surface area contributed by atoms with Crippen LogP contribution in [0.25, 0.3) is 4.96 Å². The van der Waals surface area contributed by atoms with Crippen molar-refractivity contribution in [3.63, 3.8) is 0 Å². The smallest absolute Gasteiger partial charge is 0.323 e. The van der Waals surface area contributed by atoms with Crippen LogP contribution in [0, 0.1) is 5.41 Å². The third-order valence-electron chi connectivity index (χ3n) is 2.79. The number of hydrogen-bond donors (Lipinski definition) is 1. The third kappa shape index (κ3) is 1.97. The number of aliphatic carboxylic acids is 1. The number of carbonyl (C=O) groups is 2. The quantitative estimate of drug-likeness (QED) is 0.665. The molecule has 0 saturated carbocycles. The normalized spacial score (nSPS) is 14.3. The molecule has 1 unspecified atom stereocenters. The molecule has 2 heterocycles. The molecule has 96 valence electrons. The number of carboxylic acid groups (broad SMARTS) is 1. The molecule has 0 aliphatic carbocycles. The summed E-state index contributed by atoms with van der Waals surface area (Å²) in [6, 6.07) is 0. The Morgan fingerprint density at radius 1 is 1.61 bits per heavy atom. The van der Waals surface area contributed by atoms with E-state index in [1.807, 2.05) is 11.6 Å². The van der Waals surface area contributed by atoms with Crippen molar-refractivity contribution >= 4 is 28.2 Å². The van der Waals surface area contributed by atoms with Gasteiger partial charge in [0.2, 0.25) is 0 Å². The molecule has 0 aliphatic heterocycles. The van der Waals surface area contributed by atoms with Crippen LogP contribution in [0.15, 0.2) is 17.8 Å². The van der Waals surface area contributed by atoms with Crippen LogP contribution in [0.3, 0.4) is 0 Å².